The molecule has 6 nitrogen and oxygen atoms in total. The molecule has 0 spiro atoms. The number of carbonyl (C=O) groups is 2. The number of amides is 3. The fourth-order valence-corrected chi connectivity index (χ4v) is 1.93. The van der Waals surface area contributed by atoms with Crippen molar-refractivity contribution in [2.24, 2.45) is 0 Å². The predicted molar refractivity (Wildman–Crippen MR) is 71.4 cm³/mol. The smallest absolute Gasteiger partial charge is 0.319 e. The lowest BCUT2D eigenvalue weighted by Gasteiger charge is -2.17. The first-order valence-electron chi connectivity index (χ1n) is 6.15. The molecule has 1 aromatic rings. The van der Waals surface area contributed by atoms with Crippen LogP contribution >= 0.6 is 0 Å². The number of fused-ring (bicyclic) bond motifs is 1. The summed E-state index contributed by atoms with van der Waals surface area (Å²) in [4.78, 5) is 23.2. The van der Waals surface area contributed by atoms with E-state index in [-0.39, 0.29) is 11.9 Å². The maximum atomic E-state index is 11.7. The summed E-state index contributed by atoms with van der Waals surface area (Å²) in [6.45, 7) is 1.56. The molecule has 1 aliphatic rings. The van der Waals surface area contributed by atoms with Crippen LogP contribution in [0.2, 0.25) is 0 Å². The average molecular weight is 263 g/mol. The average Bonchev–Trinajstić information content (AvgIpc) is 2.40. The quantitative estimate of drug-likeness (QED) is 0.701. The number of benzene rings is 1. The first-order valence-corrected chi connectivity index (χ1v) is 6.15. The maximum absolute atomic E-state index is 11.7. The number of carbonyl (C=O) groups excluding carboxylic acids is 2. The summed E-state index contributed by atoms with van der Waals surface area (Å²) < 4.78 is 4.84. The number of nitrogens with one attached hydrogen (secondary N) is 3. The highest BCUT2D eigenvalue weighted by atomic mass is 16.5. The molecule has 0 saturated heterocycles. The van der Waals surface area contributed by atoms with E-state index in [1.807, 2.05) is 6.07 Å². The third-order valence-corrected chi connectivity index (χ3v) is 2.88. The number of urea groups is 1. The summed E-state index contributed by atoms with van der Waals surface area (Å²) in [6, 6.07) is 5.06. The molecule has 3 amide bonds. The SMILES string of the molecule is COCCNC(=O)Nc1ccc2c(c1)C(=O)NCC2. The number of hydrogen-bond donors (Lipinski definition) is 3. The second-order valence-electron chi connectivity index (χ2n) is 4.25. The Morgan fingerprint density at radius 1 is 1.47 bits per heavy atom. The molecule has 0 radical (unpaired) electrons. The zero-order valence-corrected chi connectivity index (χ0v) is 10.8. The number of ether oxygens (including phenoxy) is 1. The van der Waals surface area contributed by atoms with E-state index in [1.54, 1.807) is 19.2 Å². The van der Waals surface area contributed by atoms with Gasteiger partial charge in [-0.15, -0.1) is 0 Å². The Morgan fingerprint density at radius 3 is 3.11 bits per heavy atom. The van der Waals surface area contributed by atoms with E-state index in [0.717, 1.165) is 12.0 Å². The number of methoxy groups -OCH3 is 1. The van der Waals surface area contributed by atoms with Gasteiger partial charge < -0.3 is 20.7 Å². The van der Waals surface area contributed by atoms with E-state index in [4.69, 9.17) is 4.74 Å². The highest BCUT2D eigenvalue weighted by molar-refractivity contribution is 5.99. The van der Waals surface area contributed by atoms with Gasteiger partial charge in [0.25, 0.3) is 5.91 Å². The van der Waals surface area contributed by atoms with Crippen LogP contribution in [-0.2, 0) is 11.2 Å². The molecular formula is C13H17N3O3. The maximum Gasteiger partial charge on any atom is 0.319 e. The van der Waals surface area contributed by atoms with Crippen LogP contribution in [0.15, 0.2) is 18.2 Å². The van der Waals surface area contributed by atoms with Gasteiger partial charge in [-0.3, -0.25) is 4.79 Å². The highest BCUT2D eigenvalue weighted by Gasteiger charge is 2.16. The van der Waals surface area contributed by atoms with Crippen LogP contribution in [0.5, 0.6) is 0 Å². The predicted octanol–water partition coefficient (Wildman–Crippen LogP) is 0.740. The van der Waals surface area contributed by atoms with Gasteiger partial charge in [-0.2, -0.15) is 0 Å². The first kappa shape index (κ1) is 13.4. The monoisotopic (exact) mass is 263 g/mol. The fraction of sp³-hybridized carbons (Fsp3) is 0.385. The molecule has 0 bridgehead atoms. The lowest BCUT2D eigenvalue weighted by Crippen LogP contribution is -2.33. The Morgan fingerprint density at radius 2 is 2.32 bits per heavy atom. The number of hydrogen-bond acceptors (Lipinski definition) is 3. The topological polar surface area (TPSA) is 79.5 Å². The zero-order chi connectivity index (χ0) is 13.7. The van der Waals surface area contributed by atoms with Crippen LogP contribution in [0.25, 0.3) is 0 Å². The summed E-state index contributed by atoms with van der Waals surface area (Å²) in [5.74, 6) is -0.0929. The fourth-order valence-electron chi connectivity index (χ4n) is 1.93. The third-order valence-electron chi connectivity index (χ3n) is 2.88. The normalized spacial score (nSPS) is 13.4. The van der Waals surface area contributed by atoms with Crippen molar-refractivity contribution in [3.05, 3.63) is 29.3 Å². The van der Waals surface area contributed by atoms with Gasteiger partial charge in [0.05, 0.1) is 6.61 Å². The van der Waals surface area contributed by atoms with Crippen LogP contribution in [0, 0.1) is 0 Å². The summed E-state index contributed by atoms with van der Waals surface area (Å²) >= 11 is 0. The van der Waals surface area contributed by atoms with Crippen molar-refractivity contribution in [1.82, 2.24) is 10.6 Å². The van der Waals surface area contributed by atoms with Crippen LogP contribution < -0.4 is 16.0 Å². The molecule has 0 fully saturated rings. The van der Waals surface area contributed by atoms with Crippen molar-refractivity contribution in [3.8, 4) is 0 Å². The van der Waals surface area contributed by atoms with Crippen LogP contribution in [0.3, 0.4) is 0 Å². The minimum absolute atomic E-state index is 0.0929. The second kappa shape index (κ2) is 6.19. The number of anilines is 1. The highest BCUT2D eigenvalue weighted by Crippen LogP contribution is 2.18. The summed E-state index contributed by atoms with van der Waals surface area (Å²) in [6.07, 6.45) is 0.821. The molecule has 0 unspecified atom stereocenters. The summed E-state index contributed by atoms with van der Waals surface area (Å²) in [5.41, 5.74) is 2.24. The molecule has 6 heteroatoms. The van der Waals surface area contributed by atoms with Gasteiger partial charge in [0.15, 0.2) is 0 Å². The molecule has 0 atom stereocenters. The van der Waals surface area contributed by atoms with Gasteiger partial charge in [-0.25, -0.2) is 4.79 Å². The van der Waals surface area contributed by atoms with E-state index >= 15 is 0 Å². The lowest BCUT2D eigenvalue weighted by atomic mass is 10.00. The summed E-state index contributed by atoms with van der Waals surface area (Å²) in [7, 11) is 1.57. The minimum Gasteiger partial charge on any atom is -0.383 e. The van der Waals surface area contributed by atoms with Crippen molar-refractivity contribution < 1.29 is 14.3 Å². The molecule has 1 aromatic carbocycles. The van der Waals surface area contributed by atoms with Crippen LogP contribution in [0.1, 0.15) is 15.9 Å². The molecule has 2 rings (SSSR count). The van der Waals surface area contributed by atoms with E-state index in [1.165, 1.54) is 0 Å². The zero-order valence-electron chi connectivity index (χ0n) is 10.8. The number of rotatable bonds is 4. The molecule has 1 heterocycles. The molecule has 0 aromatic heterocycles. The minimum atomic E-state index is -0.312. The largest absolute Gasteiger partial charge is 0.383 e. The standard InChI is InChI=1S/C13H17N3O3/c1-19-7-6-15-13(18)16-10-3-2-9-4-5-14-12(17)11(9)8-10/h2-3,8H,4-7H2,1H3,(H,14,17)(H2,15,16,18). The first-order chi connectivity index (χ1) is 9.20. The second-order valence-corrected chi connectivity index (χ2v) is 4.25. The van der Waals surface area contributed by atoms with E-state index in [9.17, 15) is 9.59 Å². The van der Waals surface area contributed by atoms with Crippen LogP contribution in [0.4, 0.5) is 10.5 Å². The van der Waals surface area contributed by atoms with Gasteiger partial charge in [-0.1, -0.05) is 6.07 Å². The van der Waals surface area contributed by atoms with E-state index in [2.05, 4.69) is 16.0 Å². The van der Waals surface area contributed by atoms with Crippen molar-refractivity contribution >= 4 is 17.6 Å². The molecule has 19 heavy (non-hydrogen) atoms. The Balaban J connectivity index is 1.99. The Kier molecular flexibility index (Phi) is 4.35. The molecule has 102 valence electrons. The van der Waals surface area contributed by atoms with Gasteiger partial charge in [0, 0.05) is 31.5 Å². The van der Waals surface area contributed by atoms with Gasteiger partial charge in [-0.05, 0) is 24.1 Å². The van der Waals surface area contributed by atoms with Gasteiger partial charge in [0.1, 0.15) is 0 Å². The van der Waals surface area contributed by atoms with Crippen molar-refractivity contribution in [1.29, 1.82) is 0 Å². The molecular weight excluding hydrogens is 246 g/mol. The van der Waals surface area contributed by atoms with Crippen LogP contribution in [-0.4, -0.2) is 38.7 Å². The Bertz CT molecular complexity index is 488. The van der Waals surface area contributed by atoms with E-state index < -0.39 is 0 Å². The van der Waals surface area contributed by atoms with Gasteiger partial charge >= 0.3 is 6.03 Å². The van der Waals surface area contributed by atoms with E-state index in [0.29, 0.717) is 30.9 Å². The molecule has 0 aliphatic carbocycles. The van der Waals surface area contributed by atoms with Crippen molar-refractivity contribution in [2.45, 2.75) is 6.42 Å². The Labute approximate surface area is 111 Å². The third kappa shape index (κ3) is 3.45. The van der Waals surface area contributed by atoms with Gasteiger partial charge in [0.2, 0.25) is 0 Å². The van der Waals surface area contributed by atoms with Crippen molar-refractivity contribution in [2.75, 3.05) is 32.1 Å². The van der Waals surface area contributed by atoms with Crippen molar-refractivity contribution in [3.63, 3.8) is 0 Å². The Hall–Kier alpha value is -2.08. The summed E-state index contributed by atoms with van der Waals surface area (Å²) in [5, 5.41) is 8.11. The molecule has 0 saturated carbocycles. The molecule has 1 aliphatic heterocycles. The molecule has 3 N–H and O–H groups in total. The lowest BCUT2D eigenvalue weighted by molar-refractivity contribution is 0.0946.